The van der Waals surface area contributed by atoms with Crippen molar-refractivity contribution in [2.45, 2.75) is 6.42 Å². The number of hydrogen-bond donors (Lipinski definition) is 0. The van der Waals surface area contributed by atoms with Crippen molar-refractivity contribution in [3.8, 4) is 0 Å². The number of halogens is 1. The van der Waals surface area contributed by atoms with E-state index in [4.69, 9.17) is 11.6 Å². The second-order valence-electron chi connectivity index (χ2n) is 5.05. The number of rotatable bonds is 7. The van der Waals surface area contributed by atoms with Crippen molar-refractivity contribution < 1.29 is 13.2 Å². The fourth-order valence-corrected chi connectivity index (χ4v) is 2.63. The summed E-state index contributed by atoms with van der Waals surface area (Å²) in [5.74, 6) is -1.15. The maximum absolute atomic E-state index is 12.0. The van der Waals surface area contributed by atoms with Gasteiger partial charge in [0.25, 0.3) is 0 Å². The molecular formula is C16H20ClN3O3S. The monoisotopic (exact) mass is 369 g/mol. The summed E-state index contributed by atoms with van der Waals surface area (Å²) in [6.07, 6.45) is 10.4. The zero-order valence-corrected chi connectivity index (χ0v) is 15.4. The van der Waals surface area contributed by atoms with E-state index < -0.39 is 21.5 Å². The van der Waals surface area contributed by atoms with Crippen LogP contribution in [0.1, 0.15) is 12.0 Å². The molecule has 130 valence electrons. The van der Waals surface area contributed by atoms with Crippen molar-refractivity contribution >= 4 is 38.6 Å². The van der Waals surface area contributed by atoms with E-state index in [2.05, 4.69) is 9.98 Å². The van der Waals surface area contributed by atoms with Crippen LogP contribution in [0.15, 0.2) is 47.4 Å². The first-order valence-electron chi connectivity index (χ1n) is 7.08. The molecule has 0 bridgehead atoms. The molecule has 1 heterocycles. The van der Waals surface area contributed by atoms with E-state index in [9.17, 15) is 13.2 Å². The number of hydrogen-bond acceptors (Lipinski definition) is 5. The summed E-state index contributed by atoms with van der Waals surface area (Å²) in [5, 5.41) is 0.133. The lowest BCUT2D eigenvalue weighted by Crippen LogP contribution is -2.33. The van der Waals surface area contributed by atoms with E-state index in [-0.39, 0.29) is 5.17 Å². The van der Waals surface area contributed by atoms with Gasteiger partial charge in [-0.25, -0.2) is 8.42 Å². The maximum Gasteiger partial charge on any atom is 0.241 e. The van der Waals surface area contributed by atoms with Crippen LogP contribution in [0.2, 0.25) is 0 Å². The summed E-state index contributed by atoms with van der Waals surface area (Å²) in [4.78, 5) is 21.1. The predicted molar refractivity (Wildman–Crippen MR) is 97.7 cm³/mol. The highest BCUT2D eigenvalue weighted by Crippen LogP contribution is 2.11. The van der Waals surface area contributed by atoms with Crippen LogP contribution in [-0.4, -0.2) is 55.5 Å². The third-order valence-corrected chi connectivity index (χ3v) is 4.10. The van der Waals surface area contributed by atoms with Crippen molar-refractivity contribution in [2.75, 3.05) is 26.1 Å². The Hall–Kier alpha value is -1.99. The molecule has 0 aliphatic heterocycles. The Labute approximate surface area is 147 Å². The molecule has 0 aliphatic rings. The van der Waals surface area contributed by atoms with E-state index in [1.54, 1.807) is 18.5 Å². The highest BCUT2D eigenvalue weighted by molar-refractivity contribution is 7.91. The average Bonchev–Trinajstić information content (AvgIpc) is 2.53. The minimum absolute atomic E-state index is 0.133. The van der Waals surface area contributed by atoms with Crippen molar-refractivity contribution in [3.05, 3.63) is 47.9 Å². The van der Waals surface area contributed by atoms with Gasteiger partial charge in [-0.05, 0) is 18.1 Å². The predicted octanol–water partition coefficient (Wildman–Crippen LogP) is 2.14. The SMILES string of the molecule is C/N=C(Cl)\C(=C/C/C=C/c1cccnc1)N(C)C(=O)CS(C)(=O)=O. The highest BCUT2D eigenvalue weighted by atomic mass is 35.5. The first-order valence-corrected chi connectivity index (χ1v) is 9.52. The van der Waals surface area contributed by atoms with Crippen molar-refractivity contribution in [1.29, 1.82) is 0 Å². The van der Waals surface area contributed by atoms with Crippen LogP contribution in [0.25, 0.3) is 6.08 Å². The summed E-state index contributed by atoms with van der Waals surface area (Å²) in [7, 11) is -0.451. The Kier molecular flexibility index (Phi) is 7.81. The van der Waals surface area contributed by atoms with Crippen LogP contribution in [0, 0.1) is 0 Å². The van der Waals surface area contributed by atoms with Crippen LogP contribution in [0.3, 0.4) is 0 Å². The zero-order valence-electron chi connectivity index (χ0n) is 13.8. The lowest BCUT2D eigenvalue weighted by molar-refractivity contribution is -0.125. The Morgan fingerprint density at radius 1 is 1.46 bits per heavy atom. The number of allylic oxidation sites excluding steroid dienone is 3. The molecule has 6 nitrogen and oxygen atoms in total. The van der Waals surface area contributed by atoms with Gasteiger partial charge in [0.15, 0.2) is 9.84 Å². The van der Waals surface area contributed by atoms with Gasteiger partial charge in [0.05, 0.1) is 5.70 Å². The molecule has 24 heavy (non-hydrogen) atoms. The third-order valence-electron chi connectivity index (χ3n) is 2.97. The average molecular weight is 370 g/mol. The summed E-state index contributed by atoms with van der Waals surface area (Å²) in [5.41, 5.74) is 1.31. The molecule has 1 aromatic heterocycles. The molecule has 0 saturated carbocycles. The molecule has 1 aromatic rings. The number of aliphatic imine (C=N–C) groups is 1. The van der Waals surface area contributed by atoms with Gasteiger partial charge in [-0.3, -0.25) is 14.8 Å². The molecule has 0 atom stereocenters. The number of carbonyl (C=O) groups excluding carboxylic acids is 1. The zero-order chi connectivity index (χ0) is 18.2. The quantitative estimate of drug-likeness (QED) is 0.689. The molecule has 0 N–H and O–H groups in total. The van der Waals surface area contributed by atoms with E-state index in [0.717, 1.165) is 11.8 Å². The van der Waals surface area contributed by atoms with Gasteiger partial charge in [-0.2, -0.15) is 0 Å². The summed E-state index contributed by atoms with van der Waals surface area (Å²) < 4.78 is 22.6. The smallest absolute Gasteiger partial charge is 0.241 e. The molecule has 0 saturated heterocycles. The van der Waals surface area contributed by atoms with Crippen LogP contribution in [-0.2, 0) is 14.6 Å². The molecule has 0 spiro atoms. The first kappa shape index (κ1) is 20.1. The molecule has 0 unspecified atom stereocenters. The van der Waals surface area contributed by atoms with Gasteiger partial charge in [0.1, 0.15) is 10.9 Å². The second kappa shape index (κ2) is 9.34. The summed E-state index contributed by atoms with van der Waals surface area (Å²) in [6.45, 7) is 0. The van der Waals surface area contributed by atoms with E-state index in [1.807, 2.05) is 24.3 Å². The largest absolute Gasteiger partial charge is 0.312 e. The van der Waals surface area contributed by atoms with Gasteiger partial charge in [0, 0.05) is 32.7 Å². The van der Waals surface area contributed by atoms with E-state index in [1.165, 1.54) is 19.0 Å². The lowest BCUT2D eigenvalue weighted by atomic mass is 10.2. The topological polar surface area (TPSA) is 79.7 Å². The normalized spacial score (nSPS) is 13.3. The molecular weight excluding hydrogens is 350 g/mol. The number of sulfone groups is 1. The van der Waals surface area contributed by atoms with Crippen LogP contribution < -0.4 is 0 Å². The van der Waals surface area contributed by atoms with Gasteiger partial charge in [-0.1, -0.05) is 35.9 Å². The lowest BCUT2D eigenvalue weighted by Gasteiger charge is -2.19. The van der Waals surface area contributed by atoms with Crippen LogP contribution in [0.4, 0.5) is 0 Å². The molecule has 0 radical (unpaired) electrons. The minimum atomic E-state index is -3.42. The Morgan fingerprint density at radius 2 is 2.17 bits per heavy atom. The number of pyridine rings is 1. The molecule has 8 heteroatoms. The highest BCUT2D eigenvalue weighted by Gasteiger charge is 2.20. The van der Waals surface area contributed by atoms with Gasteiger partial charge in [-0.15, -0.1) is 0 Å². The maximum atomic E-state index is 12.0. The molecule has 0 fully saturated rings. The van der Waals surface area contributed by atoms with Crippen molar-refractivity contribution in [2.24, 2.45) is 4.99 Å². The van der Waals surface area contributed by atoms with Crippen molar-refractivity contribution in [1.82, 2.24) is 9.88 Å². The van der Waals surface area contributed by atoms with Crippen molar-refractivity contribution in [3.63, 3.8) is 0 Å². The summed E-state index contributed by atoms with van der Waals surface area (Å²) >= 11 is 6.04. The van der Waals surface area contributed by atoms with E-state index >= 15 is 0 Å². The van der Waals surface area contributed by atoms with Crippen LogP contribution in [0.5, 0.6) is 0 Å². The van der Waals surface area contributed by atoms with E-state index in [0.29, 0.717) is 12.1 Å². The minimum Gasteiger partial charge on any atom is -0.312 e. The number of aromatic nitrogens is 1. The van der Waals surface area contributed by atoms with Gasteiger partial charge in [0.2, 0.25) is 5.91 Å². The fourth-order valence-electron chi connectivity index (χ4n) is 1.79. The second-order valence-corrected chi connectivity index (χ2v) is 7.55. The Balaban J connectivity index is 2.88. The standard InChI is InChI=1S/C16H20ClN3O3S/c1-18-16(17)14(20(2)15(21)12-24(3,22)23)9-5-4-7-13-8-6-10-19-11-13/h4,6-11H,5,12H2,1-3H3/b7-4+,14-9+,18-16+. The molecule has 1 rings (SSSR count). The Bertz CT molecular complexity index is 756. The molecule has 0 aromatic carbocycles. The fraction of sp³-hybridized carbons (Fsp3) is 0.312. The van der Waals surface area contributed by atoms with Gasteiger partial charge < -0.3 is 4.90 Å². The number of nitrogens with zero attached hydrogens (tertiary/aromatic N) is 3. The van der Waals surface area contributed by atoms with Crippen LogP contribution >= 0.6 is 11.6 Å². The first-order chi connectivity index (χ1) is 11.2. The third kappa shape index (κ3) is 7.06. The number of amides is 1. The number of carbonyl (C=O) groups is 1. The summed E-state index contributed by atoms with van der Waals surface area (Å²) in [6, 6.07) is 3.75. The Morgan fingerprint density at radius 3 is 2.71 bits per heavy atom. The molecule has 1 amide bonds. The molecule has 0 aliphatic carbocycles. The van der Waals surface area contributed by atoms with Gasteiger partial charge >= 0.3 is 0 Å².